The topological polar surface area (TPSA) is 75.9 Å². The number of aromatic nitrogens is 4. The van der Waals surface area contributed by atoms with Gasteiger partial charge < -0.3 is 10.2 Å². The van der Waals surface area contributed by atoms with Crippen LogP contribution < -0.4 is 5.32 Å². The Hall–Kier alpha value is -2.96. The van der Waals surface area contributed by atoms with Gasteiger partial charge in [-0.05, 0) is 12.5 Å². The smallest absolute Gasteiger partial charge is 0.224 e. The first-order chi connectivity index (χ1) is 12.0. The third-order valence-corrected chi connectivity index (χ3v) is 4.02. The molecular weight excluding hydrogens is 316 g/mol. The van der Waals surface area contributed by atoms with Gasteiger partial charge in [0, 0.05) is 33.6 Å². The van der Waals surface area contributed by atoms with Gasteiger partial charge in [-0.1, -0.05) is 30.3 Å². The first-order valence-corrected chi connectivity index (χ1v) is 8.22. The first-order valence-electron chi connectivity index (χ1n) is 8.22. The summed E-state index contributed by atoms with van der Waals surface area (Å²) in [5.41, 5.74) is 1.90. The number of hydrogen-bond acceptors (Lipinski definition) is 5. The molecule has 0 unspecified atom stereocenters. The van der Waals surface area contributed by atoms with E-state index in [1.165, 1.54) is 0 Å². The maximum Gasteiger partial charge on any atom is 0.224 e. The highest BCUT2D eigenvalue weighted by atomic mass is 16.2. The van der Waals surface area contributed by atoms with Crippen LogP contribution in [-0.4, -0.2) is 44.1 Å². The molecule has 1 aromatic carbocycles. The molecule has 0 bridgehead atoms. The van der Waals surface area contributed by atoms with Gasteiger partial charge in [0.1, 0.15) is 11.6 Å². The van der Waals surface area contributed by atoms with Crippen molar-refractivity contribution in [1.29, 1.82) is 0 Å². The Balaban J connectivity index is 1.58. The van der Waals surface area contributed by atoms with E-state index >= 15 is 0 Å². The number of anilines is 1. The number of hydrogen-bond donors (Lipinski definition) is 1. The van der Waals surface area contributed by atoms with E-state index in [2.05, 4.69) is 20.4 Å². The summed E-state index contributed by atoms with van der Waals surface area (Å²) in [4.78, 5) is 22.9. The summed E-state index contributed by atoms with van der Waals surface area (Å²) in [5, 5.41) is 8.31. The molecule has 0 aliphatic heterocycles. The Morgan fingerprint density at radius 1 is 1.24 bits per heavy atom. The van der Waals surface area contributed by atoms with Crippen LogP contribution in [-0.2, 0) is 18.4 Å². The van der Waals surface area contributed by atoms with Crippen LogP contribution in [0.25, 0.3) is 11.0 Å². The van der Waals surface area contributed by atoms with E-state index < -0.39 is 0 Å². The molecule has 7 nitrogen and oxygen atoms in total. The van der Waals surface area contributed by atoms with Gasteiger partial charge in [-0.2, -0.15) is 5.10 Å². The molecule has 2 aromatic heterocycles. The fraction of sp³-hybridized carbons (Fsp3) is 0.333. The predicted octanol–water partition coefficient (Wildman–Crippen LogP) is 2.13. The minimum absolute atomic E-state index is 0.0876. The van der Waals surface area contributed by atoms with E-state index in [1.54, 1.807) is 15.8 Å². The maximum absolute atomic E-state index is 12.3. The van der Waals surface area contributed by atoms with Gasteiger partial charge in [0.15, 0.2) is 5.65 Å². The molecule has 1 N–H and O–H groups in total. The standard InChI is InChI=1S/C18H22N6O/c1-13-21-17(15-11-20-24(3)18(15)22-13)19-10-9-16(25)23(2)12-14-7-5-4-6-8-14/h4-8,11H,9-10,12H2,1-3H3,(H,19,21,22). The highest BCUT2D eigenvalue weighted by molar-refractivity contribution is 5.86. The van der Waals surface area contributed by atoms with Crippen molar-refractivity contribution >= 4 is 22.8 Å². The Morgan fingerprint density at radius 3 is 2.76 bits per heavy atom. The zero-order valence-electron chi connectivity index (χ0n) is 14.7. The van der Waals surface area contributed by atoms with Gasteiger partial charge in [0.05, 0.1) is 11.6 Å². The summed E-state index contributed by atoms with van der Waals surface area (Å²) in [6.45, 7) is 2.97. The Morgan fingerprint density at radius 2 is 2.00 bits per heavy atom. The number of carbonyl (C=O) groups is 1. The Kier molecular flexibility index (Phi) is 4.92. The SMILES string of the molecule is Cc1nc(NCCC(=O)N(C)Cc2ccccc2)c2cnn(C)c2n1. The van der Waals surface area contributed by atoms with Gasteiger partial charge in [0.2, 0.25) is 5.91 Å². The lowest BCUT2D eigenvalue weighted by atomic mass is 10.2. The van der Waals surface area contributed by atoms with Crippen molar-refractivity contribution in [2.75, 3.05) is 18.9 Å². The summed E-state index contributed by atoms with van der Waals surface area (Å²) in [5.74, 6) is 1.48. The van der Waals surface area contributed by atoms with Crippen molar-refractivity contribution in [3.8, 4) is 0 Å². The second-order valence-corrected chi connectivity index (χ2v) is 6.04. The number of fused-ring (bicyclic) bond motifs is 1. The van der Waals surface area contributed by atoms with Crippen LogP contribution in [0.5, 0.6) is 0 Å². The predicted molar refractivity (Wildman–Crippen MR) is 97.1 cm³/mol. The molecule has 0 saturated carbocycles. The molecule has 0 saturated heterocycles. The number of amides is 1. The van der Waals surface area contributed by atoms with Crippen LogP contribution >= 0.6 is 0 Å². The third kappa shape index (κ3) is 3.93. The van der Waals surface area contributed by atoms with E-state index in [0.717, 1.165) is 16.6 Å². The molecule has 3 rings (SSSR count). The molecular formula is C18H22N6O. The van der Waals surface area contributed by atoms with Crippen LogP contribution in [0.1, 0.15) is 17.8 Å². The van der Waals surface area contributed by atoms with Crippen molar-refractivity contribution in [2.45, 2.75) is 19.9 Å². The zero-order valence-corrected chi connectivity index (χ0v) is 14.7. The lowest BCUT2D eigenvalue weighted by Crippen LogP contribution is -2.27. The molecule has 0 spiro atoms. The molecule has 0 atom stereocenters. The number of nitrogens with zero attached hydrogens (tertiary/aromatic N) is 5. The third-order valence-electron chi connectivity index (χ3n) is 4.02. The normalized spacial score (nSPS) is 10.8. The molecule has 7 heteroatoms. The van der Waals surface area contributed by atoms with Crippen molar-refractivity contribution in [1.82, 2.24) is 24.6 Å². The summed E-state index contributed by atoms with van der Waals surface area (Å²) < 4.78 is 1.72. The first kappa shape index (κ1) is 16.9. The second kappa shape index (κ2) is 7.29. The molecule has 0 aliphatic carbocycles. The van der Waals surface area contributed by atoms with Gasteiger partial charge in [-0.25, -0.2) is 9.97 Å². The summed E-state index contributed by atoms with van der Waals surface area (Å²) >= 11 is 0. The molecule has 130 valence electrons. The zero-order chi connectivity index (χ0) is 17.8. The molecule has 0 aliphatic rings. The van der Waals surface area contributed by atoms with Crippen molar-refractivity contribution < 1.29 is 4.79 Å². The summed E-state index contributed by atoms with van der Waals surface area (Å²) in [6, 6.07) is 9.96. The lowest BCUT2D eigenvalue weighted by molar-refractivity contribution is -0.130. The lowest BCUT2D eigenvalue weighted by Gasteiger charge is -2.17. The summed E-state index contributed by atoms with van der Waals surface area (Å²) in [6.07, 6.45) is 2.13. The Labute approximate surface area is 146 Å². The highest BCUT2D eigenvalue weighted by Gasteiger charge is 2.12. The van der Waals surface area contributed by atoms with Gasteiger partial charge in [-0.3, -0.25) is 9.48 Å². The quantitative estimate of drug-likeness (QED) is 0.745. The summed E-state index contributed by atoms with van der Waals surface area (Å²) in [7, 11) is 3.67. The largest absolute Gasteiger partial charge is 0.369 e. The van der Waals surface area contributed by atoms with E-state index in [0.29, 0.717) is 31.2 Å². The fourth-order valence-electron chi connectivity index (χ4n) is 2.69. The molecule has 0 radical (unpaired) electrons. The van der Waals surface area contributed by atoms with E-state index in [-0.39, 0.29) is 5.91 Å². The minimum Gasteiger partial charge on any atom is -0.369 e. The fourth-order valence-corrected chi connectivity index (χ4v) is 2.69. The van der Waals surface area contributed by atoms with Gasteiger partial charge in [-0.15, -0.1) is 0 Å². The number of rotatable bonds is 6. The number of nitrogens with one attached hydrogen (secondary N) is 1. The van der Waals surface area contributed by atoms with Gasteiger partial charge in [0.25, 0.3) is 0 Å². The molecule has 3 aromatic rings. The van der Waals surface area contributed by atoms with Crippen LogP contribution in [0.15, 0.2) is 36.5 Å². The Bertz CT molecular complexity index is 874. The van der Waals surface area contributed by atoms with Crippen LogP contribution in [0.3, 0.4) is 0 Å². The van der Waals surface area contributed by atoms with Crippen LogP contribution in [0.2, 0.25) is 0 Å². The maximum atomic E-state index is 12.3. The molecule has 25 heavy (non-hydrogen) atoms. The number of carbonyl (C=O) groups excluding carboxylic acids is 1. The highest BCUT2D eigenvalue weighted by Crippen LogP contribution is 2.19. The van der Waals surface area contributed by atoms with Crippen molar-refractivity contribution in [2.24, 2.45) is 7.05 Å². The molecule has 0 fully saturated rings. The average Bonchev–Trinajstić information content (AvgIpc) is 2.96. The molecule has 1 amide bonds. The second-order valence-electron chi connectivity index (χ2n) is 6.04. The van der Waals surface area contributed by atoms with Crippen molar-refractivity contribution in [3.05, 3.63) is 47.9 Å². The molecule has 2 heterocycles. The van der Waals surface area contributed by atoms with Crippen LogP contribution in [0, 0.1) is 6.92 Å². The van der Waals surface area contributed by atoms with E-state index in [9.17, 15) is 4.79 Å². The number of aryl methyl sites for hydroxylation is 2. The average molecular weight is 338 g/mol. The van der Waals surface area contributed by atoms with Crippen LogP contribution in [0.4, 0.5) is 5.82 Å². The monoisotopic (exact) mass is 338 g/mol. The van der Waals surface area contributed by atoms with E-state index in [1.807, 2.05) is 51.4 Å². The van der Waals surface area contributed by atoms with Crippen molar-refractivity contribution in [3.63, 3.8) is 0 Å². The van der Waals surface area contributed by atoms with Gasteiger partial charge >= 0.3 is 0 Å². The minimum atomic E-state index is 0.0876. The van der Waals surface area contributed by atoms with E-state index in [4.69, 9.17) is 0 Å². The number of benzene rings is 1.